The summed E-state index contributed by atoms with van der Waals surface area (Å²) in [6, 6.07) is 0.410. The molecule has 0 aromatic rings. The number of likely N-dealkylation sites (N-methyl/N-ethyl adjacent to an activating group) is 2. The van der Waals surface area contributed by atoms with Crippen LogP contribution in [0.25, 0.3) is 0 Å². The minimum absolute atomic E-state index is 0.187. The summed E-state index contributed by atoms with van der Waals surface area (Å²) >= 11 is 0. The largest absolute Gasteiger partial charge is 0.312 e. The van der Waals surface area contributed by atoms with Crippen molar-refractivity contribution in [2.75, 3.05) is 21.1 Å². The van der Waals surface area contributed by atoms with Gasteiger partial charge in [-0.1, -0.05) is 18.6 Å². The van der Waals surface area contributed by atoms with Crippen molar-refractivity contribution in [1.29, 1.82) is 0 Å². The van der Waals surface area contributed by atoms with Crippen LogP contribution < -0.4 is 5.32 Å². The van der Waals surface area contributed by atoms with Gasteiger partial charge in [-0.25, -0.2) is 0 Å². The summed E-state index contributed by atoms with van der Waals surface area (Å²) in [5.74, 6) is 0. The lowest BCUT2D eigenvalue weighted by atomic mass is 9.87. The number of allylic oxidation sites excluding steroid dienone is 1. The average molecular weight is 198 g/mol. The topological polar surface area (TPSA) is 15.3 Å². The molecule has 14 heavy (non-hydrogen) atoms. The third kappa shape index (κ3) is 3.10. The van der Waals surface area contributed by atoms with Crippen molar-refractivity contribution in [2.24, 2.45) is 0 Å². The SMILES string of the molecule is CCC(C)(C(C=C(C)C)NC)N(C)C. The lowest BCUT2D eigenvalue weighted by Gasteiger charge is -2.41. The fourth-order valence-corrected chi connectivity index (χ4v) is 1.72. The van der Waals surface area contributed by atoms with Crippen molar-refractivity contribution < 1.29 is 0 Å². The van der Waals surface area contributed by atoms with E-state index in [1.807, 2.05) is 7.05 Å². The van der Waals surface area contributed by atoms with Crippen molar-refractivity contribution in [2.45, 2.75) is 45.7 Å². The first-order valence-corrected chi connectivity index (χ1v) is 5.38. The van der Waals surface area contributed by atoms with Crippen LogP contribution in [0.3, 0.4) is 0 Å². The quantitative estimate of drug-likeness (QED) is 0.682. The molecule has 2 nitrogen and oxygen atoms in total. The lowest BCUT2D eigenvalue weighted by molar-refractivity contribution is 0.136. The van der Waals surface area contributed by atoms with Crippen LogP contribution in [0.2, 0.25) is 0 Å². The van der Waals surface area contributed by atoms with Gasteiger partial charge < -0.3 is 10.2 Å². The highest BCUT2D eigenvalue weighted by Gasteiger charge is 2.32. The summed E-state index contributed by atoms with van der Waals surface area (Å²) in [6.07, 6.45) is 3.44. The molecule has 0 spiro atoms. The monoisotopic (exact) mass is 198 g/mol. The van der Waals surface area contributed by atoms with Gasteiger partial charge >= 0.3 is 0 Å². The Labute approximate surface area is 89.4 Å². The maximum Gasteiger partial charge on any atom is 0.0433 e. The Morgan fingerprint density at radius 3 is 2.14 bits per heavy atom. The molecule has 2 unspecified atom stereocenters. The van der Waals surface area contributed by atoms with Crippen molar-refractivity contribution in [3.8, 4) is 0 Å². The molecular formula is C12H26N2. The molecule has 0 aromatic carbocycles. The molecule has 0 bridgehead atoms. The number of hydrogen-bond acceptors (Lipinski definition) is 2. The van der Waals surface area contributed by atoms with Crippen molar-refractivity contribution in [3.63, 3.8) is 0 Å². The van der Waals surface area contributed by atoms with Gasteiger partial charge in [-0.15, -0.1) is 0 Å². The number of nitrogens with one attached hydrogen (secondary N) is 1. The minimum atomic E-state index is 0.187. The Bertz CT molecular complexity index is 192. The highest BCUT2D eigenvalue weighted by Crippen LogP contribution is 2.22. The van der Waals surface area contributed by atoms with Crippen molar-refractivity contribution in [1.82, 2.24) is 10.2 Å². The van der Waals surface area contributed by atoms with Crippen LogP contribution >= 0.6 is 0 Å². The molecule has 0 rings (SSSR count). The van der Waals surface area contributed by atoms with E-state index in [1.54, 1.807) is 0 Å². The van der Waals surface area contributed by atoms with E-state index >= 15 is 0 Å². The summed E-state index contributed by atoms with van der Waals surface area (Å²) < 4.78 is 0. The standard InChI is InChI=1S/C12H26N2/c1-8-12(4,14(6)7)11(13-5)9-10(2)3/h9,11,13H,8H2,1-7H3. The molecule has 2 heteroatoms. The Hall–Kier alpha value is -0.340. The summed E-state index contributed by atoms with van der Waals surface area (Å²) in [5.41, 5.74) is 1.55. The molecule has 0 fully saturated rings. The van der Waals surface area contributed by atoms with E-state index in [1.165, 1.54) is 5.57 Å². The Kier molecular flexibility index (Phi) is 5.38. The molecule has 0 saturated heterocycles. The Morgan fingerprint density at radius 2 is 1.93 bits per heavy atom. The lowest BCUT2D eigenvalue weighted by Crippen LogP contribution is -2.55. The van der Waals surface area contributed by atoms with Gasteiger partial charge in [-0.3, -0.25) is 0 Å². The molecule has 0 amide bonds. The maximum absolute atomic E-state index is 3.39. The summed E-state index contributed by atoms with van der Waals surface area (Å²) in [4.78, 5) is 2.30. The molecule has 0 saturated carbocycles. The molecule has 84 valence electrons. The van der Waals surface area contributed by atoms with Crippen LogP contribution in [-0.4, -0.2) is 37.6 Å². The van der Waals surface area contributed by atoms with Crippen LogP contribution in [0.15, 0.2) is 11.6 Å². The van der Waals surface area contributed by atoms with Crippen LogP contribution in [0.5, 0.6) is 0 Å². The zero-order chi connectivity index (χ0) is 11.4. The highest BCUT2D eigenvalue weighted by molar-refractivity contribution is 5.10. The Morgan fingerprint density at radius 1 is 1.43 bits per heavy atom. The van der Waals surface area contributed by atoms with Crippen molar-refractivity contribution >= 4 is 0 Å². The fourth-order valence-electron chi connectivity index (χ4n) is 1.72. The normalized spacial score (nSPS) is 17.7. The fraction of sp³-hybridized carbons (Fsp3) is 0.833. The molecule has 0 aliphatic rings. The number of rotatable bonds is 5. The van der Waals surface area contributed by atoms with Crippen molar-refractivity contribution in [3.05, 3.63) is 11.6 Å². The molecule has 1 N–H and O–H groups in total. The molecule has 0 aliphatic carbocycles. The number of hydrogen-bond donors (Lipinski definition) is 1. The molecular weight excluding hydrogens is 172 g/mol. The third-order valence-corrected chi connectivity index (χ3v) is 3.22. The Balaban J connectivity index is 4.87. The number of nitrogens with zero attached hydrogens (tertiary/aromatic N) is 1. The first-order chi connectivity index (χ1) is 6.38. The summed E-state index contributed by atoms with van der Waals surface area (Å²) in [6.45, 7) is 8.84. The minimum Gasteiger partial charge on any atom is -0.312 e. The van der Waals surface area contributed by atoms with E-state index in [9.17, 15) is 0 Å². The predicted molar refractivity (Wildman–Crippen MR) is 64.7 cm³/mol. The van der Waals surface area contributed by atoms with E-state index in [0.717, 1.165) is 6.42 Å². The first kappa shape index (κ1) is 13.7. The van der Waals surface area contributed by atoms with E-state index < -0.39 is 0 Å². The van der Waals surface area contributed by atoms with Gasteiger partial charge in [0.05, 0.1) is 0 Å². The van der Waals surface area contributed by atoms with Gasteiger partial charge in [0.1, 0.15) is 0 Å². The van der Waals surface area contributed by atoms with Gasteiger partial charge in [0.2, 0.25) is 0 Å². The van der Waals surface area contributed by atoms with Crippen LogP contribution in [-0.2, 0) is 0 Å². The second-order valence-corrected chi connectivity index (χ2v) is 4.62. The first-order valence-electron chi connectivity index (χ1n) is 5.38. The van der Waals surface area contributed by atoms with Gasteiger partial charge in [0, 0.05) is 11.6 Å². The van der Waals surface area contributed by atoms with E-state index in [-0.39, 0.29) is 5.54 Å². The molecule has 0 radical (unpaired) electrons. The summed E-state index contributed by atoms with van der Waals surface area (Å²) in [5, 5.41) is 3.39. The van der Waals surface area contributed by atoms with Gasteiger partial charge in [0.15, 0.2) is 0 Å². The van der Waals surface area contributed by atoms with Crippen LogP contribution in [0.4, 0.5) is 0 Å². The average Bonchev–Trinajstić information content (AvgIpc) is 2.12. The van der Waals surface area contributed by atoms with E-state index in [4.69, 9.17) is 0 Å². The molecule has 0 aliphatic heterocycles. The van der Waals surface area contributed by atoms with E-state index in [2.05, 4.69) is 58.1 Å². The van der Waals surface area contributed by atoms with Gasteiger partial charge in [0.25, 0.3) is 0 Å². The van der Waals surface area contributed by atoms with Crippen LogP contribution in [0, 0.1) is 0 Å². The maximum atomic E-state index is 3.39. The predicted octanol–water partition coefficient (Wildman–Crippen LogP) is 2.27. The molecule has 0 aromatic heterocycles. The van der Waals surface area contributed by atoms with Gasteiger partial charge in [-0.05, 0) is 48.3 Å². The zero-order valence-electron chi connectivity index (χ0n) is 10.8. The van der Waals surface area contributed by atoms with Crippen LogP contribution in [0.1, 0.15) is 34.1 Å². The third-order valence-electron chi connectivity index (χ3n) is 3.22. The second-order valence-electron chi connectivity index (χ2n) is 4.62. The molecule has 2 atom stereocenters. The molecule has 0 heterocycles. The van der Waals surface area contributed by atoms with E-state index in [0.29, 0.717) is 6.04 Å². The highest BCUT2D eigenvalue weighted by atomic mass is 15.2. The summed E-state index contributed by atoms with van der Waals surface area (Å²) in [7, 11) is 6.32. The second kappa shape index (κ2) is 5.52. The zero-order valence-corrected chi connectivity index (χ0v) is 10.8. The van der Waals surface area contributed by atoms with Gasteiger partial charge in [-0.2, -0.15) is 0 Å². The smallest absolute Gasteiger partial charge is 0.0433 e.